The molecule has 0 atom stereocenters. The van der Waals surface area contributed by atoms with E-state index in [-0.39, 0.29) is 5.82 Å². The van der Waals surface area contributed by atoms with E-state index in [0.717, 1.165) is 29.0 Å². The van der Waals surface area contributed by atoms with E-state index in [1.807, 2.05) is 38.2 Å². The minimum Gasteiger partial charge on any atom is -0.357 e. The fourth-order valence-electron chi connectivity index (χ4n) is 2.76. The standard InChI is InChI=1S/C20H24FN5/c1-4-22-20(23-12-15-10-9-14(2)16(21)11-15)24-13-19-25-17-7-5-6-8-18(17)26(19)3/h5-11H,4,12-13H2,1-3H3,(H2,22,23,24). The quantitative estimate of drug-likeness (QED) is 0.547. The van der Waals surface area contributed by atoms with Crippen LogP contribution in [-0.4, -0.2) is 22.1 Å². The number of hydrogen-bond acceptors (Lipinski definition) is 2. The Morgan fingerprint density at radius 2 is 2.00 bits per heavy atom. The molecule has 0 aliphatic carbocycles. The van der Waals surface area contributed by atoms with E-state index in [0.29, 0.717) is 24.6 Å². The molecule has 0 fully saturated rings. The van der Waals surface area contributed by atoms with Crippen LogP contribution in [0.3, 0.4) is 0 Å². The lowest BCUT2D eigenvalue weighted by Crippen LogP contribution is -2.37. The zero-order valence-corrected chi connectivity index (χ0v) is 15.4. The van der Waals surface area contributed by atoms with Crippen LogP contribution in [-0.2, 0) is 20.1 Å². The zero-order valence-electron chi connectivity index (χ0n) is 15.4. The summed E-state index contributed by atoms with van der Waals surface area (Å²) in [5.74, 6) is 1.41. The molecule has 0 amide bonds. The lowest BCUT2D eigenvalue weighted by molar-refractivity contribution is 0.616. The first-order valence-electron chi connectivity index (χ1n) is 8.76. The summed E-state index contributed by atoms with van der Waals surface area (Å²) in [6, 6.07) is 13.3. The molecule has 0 aliphatic heterocycles. The Morgan fingerprint density at radius 1 is 1.19 bits per heavy atom. The summed E-state index contributed by atoms with van der Waals surface area (Å²) in [5.41, 5.74) is 3.56. The molecule has 5 nitrogen and oxygen atoms in total. The molecule has 0 spiro atoms. The highest BCUT2D eigenvalue weighted by molar-refractivity contribution is 5.80. The van der Waals surface area contributed by atoms with Gasteiger partial charge in [0.2, 0.25) is 0 Å². The van der Waals surface area contributed by atoms with Crippen molar-refractivity contribution in [1.82, 2.24) is 20.2 Å². The van der Waals surface area contributed by atoms with Crippen molar-refractivity contribution in [3.05, 3.63) is 65.2 Å². The third kappa shape index (κ3) is 4.02. The Labute approximate surface area is 153 Å². The monoisotopic (exact) mass is 353 g/mol. The molecule has 6 heteroatoms. The van der Waals surface area contributed by atoms with E-state index < -0.39 is 0 Å². The fourth-order valence-corrected chi connectivity index (χ4v) is 2.76. The normalized spacial score (nSPS) is 11.8. The van der Waals surface area contributed by atoms with Crippen molar-refractivity contribution in [2.75, 3.05) is 6.54 Å². The van der Waals surface area contributed by atoms with Gasteiger partial charge in [0, 0.05) is 13.6 Å². The first-order chi connectivity index (χ1) is 12.6. The van der Waals surface area contributed by atoms with Crippen LogP contribution in [0.5, 0.6) is 0 Å². The van der Waals surface area contributed by atoms with Gasteiger partial charge in [0.05, 0.1) is 24.1 Å². The average molecular weight is 353 g/mol. The van der Waals surface area contributed by atoms with Crippen molar-refractivity contribution < 1.29 is 4.39 Å². The Bertz CT molecular complexity index is 929. The number of aromatic nitrogens is 2. The van der Waals surface area contributed by atoms with E-state index in [2.05, 4.69) is 31.2 Å². The Balaban J connectivity index is 1.71. The average Bonchev–Trinajstić information content (AvgIpc) is 2.96. The minimum atomic E-state index is -0.199. The van der Waals surface area contributed by atoms with E-state index in [4.69, 9.17) is 0 Å². The van der Waals surface area contributed by atoms with Crippen molar-refractivity contribution >= 4 is 17.0 Å². The molecule has 2 aromatic carbocycles. The van der Waals surface area contributed by atoms with Crippen molar-refractivity contribution in [2.24, 2.45) is 12.0 Å². The lowest BCUT2D eigenvalue weighted by Gasteiger charge is -2.11. The van der Waals surface area contributed by atoms with Crippen LogP contribution >= 0.6 is 0 Å². The number of aliphatic imine (C=N–C) groups is 1. The number of benzene rings is 2. The fraction of sp³-hybridized carbons (Fsp3) is 0.300. The molecular weight excluding hydrogens is 329 g/mol. The maximum atomic E-state index is 13.7. The molecule has 0 aliphatic rings. The number of aryl methyl sites for hydroxylation is 2. The number of guanidine groups is 1. The van der Waals surface area contributed by atoms with Crippen molar-refractivity contribution in [3.8, 4) is 0 Å². The summed E-state index contributed by atoms with van der Waals surface area (Å²) in [6.45, 7) is 5.48. The minimum absolute atomic E-state index is 0.199. The van der Waals surface area contributed by atoms with Gasteiger partial charge < -0.3 is 15.2 Å². The molecule has 136 valence electrons. The van der Waals surface area contributed by atoms with E-state index in [1.165, 1.54) is 6.07 Å². The summed E-state index contributed by atoms with van der Waals surface area (Å²) in [7, 11) is 2.01. The number of nitrogens with zero attached hydrogens (tertiary/aromatic N) is 3. The molecule has 0 bridgehead atoms. The molecule has 26 heavy (non-hydrogen) atoms. The maximum absolute atomic E-state index is 13.7. The summed E-state index contributed by atoms with van der Waals surface area (Å²) in [5, 5.41) is 6.51. The van der Waals surface area contributed by atoms with Gasteiger partial charge in [-0.2, -0.15) is 0 Å². The molecule has 3 rings (SSSR count). The van der Waals surface area contributed by atoms with Crippen molar-refractivity contribution in [2.45, 2.75) is 26.9 Å². The second kappa shape index (κ2) is 7.99. The van der Waals surface area contributed by atoms with Crippen LogP contribution in [0.4, 0.5) is 4.39 Å². The Kier molecular flexibility index (Phi) is 5.51. The number of halogens is 1. The van der Waals surface area contributed by atoms with Crippen LogP contribution in [0.15, 0.2) is 47.5 Å². The van der Waals surface area contributed by atoms with Crippen LogP contribution in [0.1, 0.15) is 23.9 Å². The molecule has 0 saturated carbocycles. The second-order valence-electron chi connectivity index (χ2n) is 6.21. The molecular formula is C20H24FN5. The van der Waals surface area contributed by atoms with Crippen molar-refractivity contribution in [1.29, 1.82) is 0 Å². The number of imidazole rings is 1. The third-order valence-electron chi connectivity index (χ3n) is 4.29. The highest BCUT2D eigenvalue weighted by atomic mass is 19.1. The predicted molar refractivity (Wildman–Crippen MR) is 104 cm³/mol. The topological polar surface area (TPSA) is 54.2 Å². The summed E-state index contributed by atoms with van der Waals surface area (Å²) >= 11 is 0. The molecule has 1 heterocycles. The molecule has 1 aromatic heterocycles. The first-order valence-corrected chi connectivity index (χ1v) is 8.76. The third-order valence-corrected chi connectivity index (χ3v) is 4.29. The second-order valence-corrected chi connectivity index (χ2v) is 6.21. The highest BCUT2D eigenvalue weighted by Gasteiger charge is 2.08. The van der Waals surface area contributed by atoms with Gasteiger partial charge in [0.25, 0.3) is 0 Å². The van der Waals surface area contributed by atoms with Crippen molar-refractivity contribution in [3.63, 3.8) is 0 Å². The highest BCUT2D eigenvalue weighted by Crippen LogP contribution is 2.14. The number of hydrogen-bond donors (Lipinski definition) is 2. The van der Waals surface area contributed by atoms with E-state index in [1.54, 1.807) is 13.0 Å². The SMILES string of the molecule is CCNC(=NCc1ccc(C)c(F)c1)NCc1nc2ccccc2n1C. The van der Waals surface area contributed by atoms with Gasteiger partial charge in [-0.1, -0.05) is 24.3 Å². The maximum Gasteiger partial charge on any atom is 0.191 e. The van der Waals surface area contributed by atoms with Crippen LogP contribution in [0.25, 0.3) is 11.0 Å². The van der Waals surface area contributed by atoms with Crippen LogP contribution in [0.2, 0.25) is 0 Å². The van der Waals surface area contributed by atoms with Gasteiger partial charge >= 0.3 is 0 Å². The molecule has 0 saturated heterocycles. The summed E-state index contributed by atoms with van der Waals surface area (Å²) in [6.07, 6.45) is 0. The van der Waals surface area contributed by atoms with Crippen LogP contribution in [0, 0.1) is 12.7 Å². The number of para-hydroxylation sites is 2. The van der Waals surface area contributed by atoms with E-state index >= 15 is 0 Å². The smallest absolute Gasteiger partial charge is 0.191 e. The number of fused-ring (bicyclic) bond motifs is 1. The van der Waals surface area contributed by atoms with Gasteiger partial charge in [-0.15, -0.1) is 0 Å². The molecule has 0 unspecified atom stereocenters. The first kappa shape index (κ1) is 17.9. The predicted octanol–water partition coefficient (Wildman–Crippen LogP) is 3.28. The molecule has 2 N–H and O–H groups in total. The van der Waals surface area contributed by atoms with Gasteiger partial charge in [0.1, 0.15) is 11.6 Å². The zero-order chi connectivity index (χ0) is 18.5. The largest absolute Gasteiger partial charge is 0.357 e. The van der Waals surface area contributed by atoms with Gasteiger partial charge in [-0.05, 0) is 43.2 Å². The van der Waals surface area contributed by atoms with E-state index in [9.17, 15) is 4.39 Å². The molecule has 3 aromatic rings. The Morgan fingerprint density at radius 3 is 2.73 bits per heavy atom. The molecule has 0 radical (unpaired) electrons. The van der Waals surface area contributed by atoms with Crippen LogP contribution < -0.4 is 10.6 Å². The number of rotatable bonds is 5. The Hall–Kier alpha value is -2.89. The summed E-state index contributed by atoms with van der Waals surface area (Å²) in [4.78, 5) is 9.20. The number of nitrogens with one attached hydrogen (secondary N) is 2. The van der Waals surface area contributed by atoms with Gasteiger partial charge in [-0.25, -0.2) is 14.4 Å². The van der Waals surface area contributed by atoms with Gasteiger partial charge in [0.15, 0.2) is 5.96 Å². The lowest BCUT2D eigenvalue weighted by atomic mass is 10.1. The summed E-state index contributed by atoms with van der Waals surface area (Å²) < 4.78 is 15.7. The van der Waals surface area contributed by atoms with Gasteiger partial charge in [-0.3, -0.25) is 0 Å².